The molecule has 0 radical (unpaired) electrons. The van der Waals surface area contributed by atoms with Gasteiger partial charge in [-0.25, -0.2) is 0 Å². The maximum Gasteiger partial charge on any atom is 0.416 e. The molecule has 0 bridgehead atoms. The summed E-state index contributed by atoms with van der Waals surface area (Å²) in [4.78, 5) is 13.1. The van der Waals surface area contributed by atoms with E-state index >= 15 is 0 Å². The maximum atomic E-state index is 13.1. The summed E-state index contributed by atoms with van der Waals surface area (Å²) in [5.74, 6) is -0.110. The quantitative estimate of drug-likeness (QED) is 0.473. The van der Waals surface area contributed by atoms with Gasteiger partial charge in [-0.15, -0.1) is 5.10 Å². The summed E-state index contributed by atoms with van der Waals surface area (Å²) in [7, 11) is 0. The van der Waals surface area contributed by atoms with Crippen LogP contribution in [0.25, 0.3) is 23.2 Å². The molecule has 31 heavy (non-hydrogen) atoms. The van der Waals surface area contributed by atoms with Crippen LogP contribution in [0.15, 0.2) is 77.4 Å². The second-order valence-electron chi connectivity index (χ2n) is 6.36. The second-order valence-corrected chi connectivity index (χ2v) is 6.36. The van der Waals surface area contributed by atoms with Gasteiger partial charge in [0.2, 0.25) is 0 Å². The van der Waals surface area contributed by atoms with Gasteiger partial charge in [-0.3, -0.25) is 4.79 Å². The molecule has 0 spiro atoms. The number of nitrogens with zero attached hydrogens (tertiary/aromatic N) is 4. The fraction of sp³-hybridized carbons (Fsp3) is 0.0476. The SMILES string of the molecule is O=C(Nc1cccc(C(F)(F)F)c1)/C(=C/c1ccco1)n1nnnc1-c1ccccc1. The molecule has 0 aliphatic carbocycles. The van der Waals surface area contributed by atoms with Gasteiger partial charge < -0.3 is 9.73 Å². The van der Waals surface area contributed by atoms with Gasteiger partial charge in [-0.05, 0) is 40.8 Å². The lowest BCUT2D eigenvalue weighted by Gasteiger charge is -2.12. The van der Waals surface area contributed by atoms with E-state index < -0.39 is 17.6 Å². The fourth-order valence-corrected chi connectivity index (χ4v) is 2.82. The van der Waals surface area contributed by atoms with Gasteiger partial charge in [0.25, 0.3) is 5.91 Å². The van der Waals surface area contributed by atoms with E-state index in [9.17, 15) is 18.0 Å². The zero-order valence-corrected chi connectivity index (χ0v) is 15.7. The molecule has 2 aromatic carbocycles. The zero-order valence-electron chi connectivity index (χ0n) is 15.7. The first kappa shape index (κ1) is 20.1. The summed E-state index contributed by atoms with van der Waals surface area (Å²) >= 11 is 0. The number of carbonyl (C=O) groups excluding carboxylic acids is 1. The molecule has 0 fully saturated rings. The first-order chi connectivity index (χ1) is 14.9. The number of amides is 1. The molecular weight excluding hydrogens is 411 g/mol. The van der Waals surface area contributed by atoms with E-state index in [1.54, 1.807) is 36.4 Å². The number of furan rings is 1. The number of hydrogen-bond acceptors (Lipinski definition) is 5. The third-order valence-electron chi connectivity index (χ3n) is 4.23. The first-order valence-electron chi connectivity index (χ1n) is 9.00. The minimum absolute atomic E-state index is 0.0282. The van der Waals surface area contributed by atoms with Crippen LogP contribution in [0.1, 0.15) is 11.3 Å². The van der Waals surface area contributed by atoms with Crippen LogP contribution in [0.5, 0.6) is 0 Å². The Morgan fingerprint density at radius 1 is 1.03 bits per heavy atom. The van der Waals surface area contributed by atoms with Crippen molar-refractivity contribution in [3.63, 3.8) is 0 Å². The standard InChI is InChI=1S/C21H14F3N5O2/c22-21(23,24)15-8-4-9-16(12-15)25-20(30)18(13-17-10-5-11-31-17)29-19(26-27-28-29)14-6-2-1-3-7-14/h1-13H,(H,25,30)/b18-13-. The lowest BCUT2D eigenvalue weighted by molar-refractivity contribution is -0.137. The van der Waals surface area contributed by atoms with Gasteiger partial charge in [0.15, 0.2) is 5.82 Å². The molecule has 1 N–H and O–H groups in total. The third-order valence-corrected chi connectivity index (χ3v) is 4.23. The summed E-state index contributed by atoms with van der Waals surface area (Å²) in [6, 6.07) is 16.5. The van der Waals surface area contributed by atoms with Gasteiger partial charge in [-0.2, -0.15) is 17.9 Å². The maximum absolute atomic E-state index is 13.1. The van der Waals surface area contributed by atoms with Crippen molar-refractivity contribution in [3.05, 3.63) is 84.3 Å². The highest BCUT2D eigenvalue weighted by atomic mass is 19.4. The molecule has 0 saturated heterocycles. The Morgan fingerprint density at radius 3 is 2.55 bits per heavy atom. The van der Waals surface area contributed by atoms with E-state index in [4.69, 9.17) is 4.42 Å². The Labute approximate surface area is 173 Å². The van der Waals surface area contributed by atoms with Gasteiger partial charge in [0.05, 0.1) is 11.8 Å². The molecule has 0 unspecified atom stereocenters. The van der Waals surface area contributed by atoms with Crippen molar-refractivity contribution < 1.29 is 22.4 Å². The predicted octanol–water partition coefficient (Wildman–Crippen LogP) is 4.59. The Kier molecular flexibility index (Phi) is 5.35. The smallest absolute Gasteiger partial charge is 0.416 e. The van der Waals surface area contributed by atoms with Crippen molar-refractivity contribution in [1.29, 1.82) is 0 Å². The lowest BCUT2D eigenvalue weighted by atomic mass is 10.2. The zero-order chi connectivity index (χ0) is 21.8. The van der Waals surface area contributed by atoms with E-state index in [1.165, 1.54) is 29.2 Å². The highest BCUT2D eigenvalue weighted by Crippen LogP contribution is 2.31. The molecule has 7 nitrogen and oxygen atoms in total. The molecular formula is C21H14F3N5O2. The van der Waals surface area contributed by atoms with E-state index in [-0.39, 0.29) is 17.2 Å². The highest BCUT2D eigenvalue weighted by Gasteiger charge is 2.30. The van der Waals surface area contributed by atoms with Crippen molar-refractivity contribution in [2.75, 3.05) is 5.32 Å². The molecule has 2 aromatic heterocycles. The summed E-state index contributed by atoms with van der Waals surface area (Å²) in [5, 5.41) is 14.0. The summed E-state index contributed by atoms with van der Waals surface area (Å²) in [6.45, 7) is 0. The summed E-state index contributed by atoms with van der Waals surface area (Å²) in [6.07, 6.45) is -1.72. The van der Waals surface area contributed by atoms with Crippen molar-refractivity contribution in [2.45, 2.75) is 6.18 Å². The summed E-state index contributed by atoms with van der Waals surface area (Å²) < 4.78 is 45.5. The average Bonchev–Trinajstić information content (AvgIpc) is 3.44. The molecule has 0 saturated carbocycles. The average molecular weight is 425 g/mol. The molecule has 1 amide bonds. The number of aromatic nitrogens is 4. The minimum Gasteiger partial charge on any atom is -0.465 e. The van der Waals surface area contributed by atoms with Crippen molar-refractivity contribution in [1.82, 2.24) is 20.2 Å². The number of nitrogens with one attached hydrogen (secondary N) is 1. The molecule has 4 aromatic rings. The highest BCUT2D eigenvalue weighted by molar-refractivity contribution is 6.24. The largest absolute Gasteiger partial charge is 0.465 e. The van der Waals surface area contributed by atoms with Gasteiger partial charge in [0.1, 0.15) is 11.5 Å². The van der Waals surface area contributed by atoms with Gasteiger partial charge >= 0.3 is 6.18 Å². The van der Waals surface area contributed by atoms with Crippen LogP contribution in [-0.2, 0) is 11.0 Å². The monoisotopic (exact) mass is 425 g/mol. The third kappa shape index (κ3) is 4.53. The lowest BCUT2D eigenvalue weighted by Crippen LogP contribution is -2.19. The number of halogens is 3. The molecule has 0 atom stereocenters. The normalized spacial score (nSPS) is 12.0. The van der Waals surface area contributed by atoms with E-state index in [0.29, 0.717) is 11.3 Å². The molecule has 0 aliphatic rings. The number of hydrogen-bond donors (Lipinski definition) is 1. The number of anilines is 1. The predicted molar refractivity (Wildman–Crippen MR) is 106 cm³/mol. The van der Waals surface area contributed by atoms with Crippen LogP contribution in [-0.4, -0.2) is 26.1 Å². The van der Waals surface area contributed by atoms with Crippen LogP contribution in [0.4, 0.5) is 18.9 Å². The van der Waals surface area contributed by atoms with E-state index in [1.807, 2.05) is 6.07 Å². The molecule has 0 aliphatic heterocycles. The van der Waals surface area contributed by atoms with Crippen LogP contribution in [0, 0.1) is 0 Å². The van der Waals surface area contributed by atoms with Crippen LogP contribution in [0.3, 0.4) is 0 Å². The Balaban J connectivity index is 1.73. The number of benzene rings is 2. The minimum atomic E-state index is -4.54. The Morgan fingerprint density at radius 2 is 1.84 bits per heavy atom. The number of carbonyl (C=O) groups is 1. The fourth-order valence-electron chi connectivity index (χ4n) is 2.82. The van der Waals surface area contributed by atoms with Crippen LogP contribution < -0.4 is 5.32 Å². The number of alkyl halides is 3. The Hall–Kier alpha value is -4.21. The second kappa shape index (κ2) is 8.27. The van der Waals surface area contributed by atoms with Crippen LogP contribution in [0.2, 0.25) is 0 Å². The molecule has 4 rings (SSSR count). The number of tetrazole rings is 1. The van der Waals surface area contributed by atoms with Crippen molar-refractivity contribution >= 4 is 23.4 Å². The Bertz CT molecular complexity index is 1220. The number of rotatable bonds is 5. The van der Waals surface area contributed by atoms with Gasteiger partial charge in [-0.1, -0.05) is 36.4 Å². The van der Waals surface area contributed by atoms with Crippen molar-refractivity contribution in [2.24, 2.45) is 0 Å². The van der Waals surface area contributed by atoms with Gasteiger partial charge in [0, 0.05) is 17.3 Å². The summed E-state index contributed by atoms with van der Waals surface area (Å²) in [5.41, 5.74) is -0.310. The van der Waals surface area contributed by atoms with Crippen molar-refractivity contribution in [3.8, 4) is 11.4 Å². The van der Waals surface area contributed by atoms with E-state index in [0.717, 1.165) is 12.1 Å². The van der Waals surface area contributed by atoms with E-state index in [2.05, 4.69) is 20.8 Å². The van der Waals surface area contributed by atoms with Crippen LogP contribution >= 0.6 is 0 Å². The molecule has 156 valence electrons. The molecule has 2 heterocycles. The molecule has 10 heteroatoms. The first-order valence-corrected chi connectivity index (χ1v) is 9.00. The topological polar surface area (TPSA) is 85.8 Å².